The molecule has 1 aliphatic carbocycles. The molecule has 1 aromatic carbocycles. The number of anilines is 2. The van der Waals surface area contributed by atoms with Gasteiger partial charge in [-0.15, -0.1) is 0 Å². The Kier molecular flexibility index (Phi) is 5.33. The second kappa shape index (κ2) is 7.01. The Hall–Kier alpha value is -1.18. The predicted octanol–water partition coefficient (Wildman–Crippen LogP) is 4.77. The van der Waals surface area contributed by atoms with Gasteiger partial charge in [0.1, 0.15) is 0 Å². The highest BCUT2D eigenvalue weighted by atomic mass is 15.1. The van der Waals surface area contributed by atoms with Gasteiger partial charge in [0.2, 0.25) is 0 Å². The van der Waals surface area contributed by atoms with Crippen LogP contribution in [0.3, 0.4) is 0 Å². The zero-order chi connectivity index (χ0) is 14.5. The molecule has 0 aromatic heterocycles. The molecule has 1 saturated carbocycles. The Bertz CT molecular complexity index is 384. The lowest BCUT2D eigenvalue weighted by molar-refractivity contribution is 0.268. The van der Waals surface area contributed by atoms with Gasteiger partial charge in [-0.1, -0.05) is 20.3 Å². The Morgan fingerprint density at radius 2 is 1.55 bits per heavy atom. The van der Waals surface area contributed by atoms with E-state index in [1.54, 1.807) is 0 Å². The van der Waals surface area contributed by atoms with Crippen molar-refractivity contribution in [3.63, 3.8) is 0 Å². The normalized spacial score (nSPS) is 26.3. The third-order valence-electron chi connectivity index (χ3n) is 4.87. The van der Waals surface area contributed by atoms with Gasteiger partial charge in [0.15, 0.2) is 0 Å². The van der Waals surface area contributed by atoms with E-state index in [0.717, 1.165) is 24.9 Å². The van der Waals surface area contributed by atoms with Crippen LogP contribution in [0.4, 0.5) is 11.4 Å². The molecule has 1 N–H and O–H groups in total. The standard InChI is InChI=1S/C18H30N2/c1-5-20(6-2)17-12-10-16(11-13-17)19-18-14(3)8-7-9-15(18)4/h10-15,18-19H,5-9H2,1-4H3. The van der Waals surface area contributed by atoms with Gasteiger partial charge >= 0.3 is 0 Å². The average molecular weight is 274 g/mol. The minimum atomic E-state index is 0.628. The van der Waals surface area contributed by atoms with Crippen LogP contribution < -0.4 is 10.2 Å². The summed E-state index contributed by atoms with van der Waals surface area (Å²) in [6, 6.07) is 9.59. The fourth-order valence-electron chi connectivity index (χ4n) is 3.52. The molecule has 0 heterocycles. The maximum Gasteiger partial charge on any atom is 0.0367 e. The van der Waals surface area contributed by atoms with Gasteiger partial charge in [0, 0.05) is 30.5 Å². The molecule has 0 saturated heterocycles. The van der Waals surface area contributed by atoms with Crippen LogP contribution in [0.15, 0.2) is 24.3 Å². The lowest BCUT2D eigenvalue weighted by atomic mass is 9.78. The quantitative estimate of drug-likeness (QED) is 0.832. The molecule has 0 amide bonds. The third kappa shape index (κ3) is 3.47. The van der Waals surface area contributed by atoms with Crippen LogP contribution in [-0.2, 0) is 0 Å². The molecule has 2 rings (SSSR count). The van der Waals surface area contributed by atoms with Crippen molar-refractivity contribution >= 4 is 11.4 Å². The van der Waals surface area contributed by atoms with Gasteiger partial charge in [-0.2, -0.15) is 0 Å². The maximum atomic E-state index is 3.76. The molecule has 2 nitrogen and oxygen atoms in total. The molecule has 2 atom stereocenters. The highest BCUT2D eigenvalue weighted by molar-refractivity contribution is 5.55. The summed E-state index contributed by atoms with van der Waals surface area (Å²) in [6.45, 7) is 11.3. The second-order valence-corrected chi connectivity index (χ2v) is 6.27. The van der Waals surface area contributed by atoms with Gasteiger partial charge in [0.05, 0.1) is 0 Å². The predicted molar refractivity (Wildman–Crippen MR) is 89.6 cm³/mol. The summed E-state index contributed by atoms with van der Waals surface area (Å²) < 4.78 is 0. The SMILES string of the molecule is CCN(CC)c1ccc(NC2C(C)CCCC2C)cc1. The Labute approximate surface area is 124 Å². The fourth-order valence-corrected chi connectivity index (χ4v) is 3.52. The molecule has 2 unspecified atom stereocenters. The van der Waals surface area contributed by atoms with Crippen molar-refractivity contribution in [3.8, 4) is 0 Å². The van der Waals surface area contributed by atoms with Crippen molar-refractivity contribution in [2.45, 2.75) is 53.0 Å². The fraction of sp³-hybridized carbons (Fsp3) is 0.667. The molecule has 1 aliphatic rings. The molecule has 1 aromatic rings. The van der Waals surface area contributed by atoms with E-state index >= 15 is 0 Å². The van der Waals surface area contributed by atoms with Crippen molar-refractivity contribution in [1.82, 2.24) is 0 Å². The van der Waals surface area contributed by atoms with Gasteiger partial charge in [0.25, 0.3) is 0 Å². The highest BCUT2D eigenvalue weighted by Gasteiger charge is 2.27. The van der Waals surface area contributed by atoms with Crippen molar-refractivity contribution in [1.29, 1.82) is 0 Å². The summed E-state index contributed by atoms with van der Waals surface area (Å²) in [4.78, 5) is 2.38. The zero-order valence-corrected chi connectivity index (χ0v) is 13.5. The van der Waals surface area contributed by atoms with Crippen LogP contribution in [0.2, 0.25) is 0 Å². The van der Waals surface area contributed by atoms with Gasteiger partial charge in [-0.05, 0) is 62.8 Å². The number of nitrogens with zero attached hydrogens (tertiary/aromatic N) is 1. The van der Waals surface area contributed by atoms with Crippen molar-refractivity contribution in [2.24, 2.45) is 11.8 Å². The van der Waals surface area contributed by atoms with E-state index in [4.69, 9.17) is 0 Å². The Morgan fingerprint density at radius 1 is 1.00 bits per heavy atom. The van der Waals surface area contributed by atoms with Crippen LogP contribution in [0.5, 0.6) is 0 Å². The van der Waals surface area contributed by atoms with Gasteiger partial charge in [-0.3, -0.25) is 0 Å². The number of hydrogen-bond donors (Lipinski definition) is 1. The summed E-state index contributed by atoms with van der Waals surface area (Å²) in [5.41, 5.74) is 2.59. The first kappa shape index (κ1) is 15.2. The van der Waals surface area contributed by atoms with Crippen LogP contribution in [0, 0.1) is 11.8 Å². The third-order valence-corrected chi connectivity index (χ3v) is 4.87. The number of hydrogen-bond acceptors (Lipinski definition) is 2. The summed E-state index contributed by atoms with van der Waals surface area (Å²) in [5, 5.41) is 3.76. The van der Waals surface area contributed by atoms with Crippen LogP contribution in [0.25, 0.3) is 0 Å². The highest BCUT2D eigenvalue weighted by Crippen LogP contribution is 2.31. The molecular formula is C18H30N2. The lowest BCUT2D eigenvalue weighted by Crippen LogP contribution is -2.37. The smallest absolute Gasteiger partial charge is 0.0367 e. The lowest BCUT2D eigenvalue weighted by Gasteiger charge is -2.36. The summed E-state index contributed by atoms with van der Waals surface area (Å²) >= 11 is 0. The van der Waals surface area contributed by atoms with E-state index in [-0.39, 0.29) is 0 Å². The molecule has 0 spiro atoms. The molecule has 0 bridgehead atoms. The van der Waals surface area contributed by atoms with E-state index in [2.05, 4.69) is 62.2 Å². The first-order valence-electron chi connectivity index (χ1n) is 8.27. The molecule has 20 heavy (non-hydrogen) atoms. The minimum absolute atomic E-state index is 0.628. The largest absolute Gasteiger partial charge is 0.382 e. The molecule has 0 radical (unpaired) electrons. The maximum absolute atomic E-state index is 3.76. The molecule has 2 heteroatoms. The molecule has 112 valence electrons. The second-order valence-electron chi connectivity index (χ2n) is 6.27. The molecule has 1 fully saturated rings. The van der Waals surface area contributed by atoms with Crippen LogP contribution in [0.1, 0.15) is 47.0 Å². The van der Waals surface area contributed by atoms with Crippen molar-refractivity contribution in [3.05, 3.63) is 24.3 Å². The first-order chi connectivity index (χ1) is 9.65. The topological polar surface area (TPSA) is 15.3 Å². The monoisotopic (exact) mass is 274 g/mol. The summed E-state index contributed by atoms with van der Waals surface area (Å²) in [7, 11) is 0. The van der Waals surface area contributed by atoms with Crippen molar-refractivity contribution in [2.75, 3.05) is 23.3 Å². The van der Waals surface area contributed by atoms with Crippen LogP contribution in [-0.4, -0.2) is 19.1 Å². The minimum Gasteiger partial charge on any atom is -0.382 e. The van der Waals surface area contributed by atoms with Crippen LogP contribution >= 0.6 is 0 Å². The number of rotatable bonds is 5. The van der Waals surface area contributed by atoms with E-state index in [9.17, 15) is 0 Å². The van der Waals surface area contributed by atoms with E-state index < -0.39 is 0 Å². The Morgan fingerprint density at radius 3 is 2.05 bits per heavy atom. The summed E-state index contributed by atoms with van der Waals surface area (Å²) in [5.74, 6) is 1.56. The molecule has 0 aliphatic heterocycles. The first-order valence-corrected chi connectivity index (χ1v) is 8.27. The number of benzene rings is 1. The zero-order valence-electron chi connectivity index (χ0n) is 13.5. The van der Waals surface area contributed by atoms with E-state index in [1.807, 2.05) is 0 Å². The van der Waals surface area contributed by atoms with E-state index in [1.165, 1.54) is 30.6 Å². The Balaban J connectivity index is 2.03. The van der Waals surface area contributed by atoms with Gasteiger partial charge in [-0.25, -0.2) is 0 Å². The average Bonchev–Trinajstić information content (AvgIpc) is 2.46. The number of nitrogens with one attached hydrogen (secondary N) is 1. The van der Waals surface area contributed by atoms with E-state index in [0.29, 0.717) is 6.04 Å². The van der Waals surface area contributed by atoms with Gasteiger partial charge < -0.3 is 10.2 Å². The summed E-state index contributed by atoms with van der Waals surface area (Å²) in [6.07, 6.45) is 4.11. The van der Waals surface area contributed by atoms with Crippen molar-refractivity contribution < 1.29 is 0 Å². The molecular weight excluding hydrogens is 244 g/mol.